The van der Waals surface area contributed by atoms with E-state index in [1.54, 1.807) is 11.1 Å². The Hall–Kier alpha value is -3.86. The molecule has 1 aliphatic rings. The van der Waals surface area contributed by atoms with Crippen LogP contribution in [0.2, 0.25) is 0 Å². The largest absolute Gasteiger partial charge is 0.454 e. The number of aromatic nitrogens is 1. The van der Waals surface area contributed by atoms with E-state index in [0.29, 0.717) is 23.6 Å². The molecule has 0 radical (unpaired) electrons. The number of aryl methyl sites for hydroxylation is 1. The molecule has 0 atom stereocenters. The first-order valence-corrected chi connectivity index (χ1v) is 9.80. The number of anilines is 1. The predicted molar refractivity (Wildman–Crippen MR) is 116 cm³/mol. The van der Waals surface area contributed by atoms with Crippen LogP contribution in [0.4, 0.5) is 5.69 Å². The molecule has 1 amide bonds. The van der Waals surface area contributed by atoms with Crippen LogP contribution in [0.25, 0.3) is 10.9 Å². The lowest BCUT2D eigenvalue weighted by atomic mass is 10.1. The lowest BCUT2D eigenvalue weighted by Gasteiger charge is -2.25. The number of nitrogens with zero attached hydrogens (tertiary/aromatic N) is 2. The highest BCUT2D eigenvalue weighted by Crippen LogP contribution is 2.37. The first kappa shape index (κ1) is 18.2. The van der Waals surface area contributed by atoms with E-state index in [0.717, 1.165) is 27.7 Å². The van der Waals surface area contributed by atoms with E-state index in [1.165, 1.54) is 0 Å². The van der Waals surface area contributed by atoms with Gasteiger partial charge in [-0.05, 0) is 48.9 Å². The Balaban J connectivity index is 1.58. The number of carbonyl (C=O) groups excluding carboxylic acids is 1. The van der Waals surface area contributed by atoms with Crippen LogP contribution in [0.5, 0.6) is 11.5 Å². The van der Waals surface area contributed by atoms with E-state index in [1.807, 2.05) is 79.7 Å². The van der Waals surface area contributed by atoms with Gasteiger partial charge in [-0.1, -0.05) is 36.4 Å². The molecule has 2 heterocycles. The molecule has 0 fully saturated rings. The first-order valence-electron chi connectivity index (χ1n) is 9.80. The SMILES string of the molecule is Cc1ccccc1N(Cc1cccc2c1OCO2)C(=O)c1ccc2ncccc2c1. The fourth-order valence-corrected chi connectivity index (χ4v) is 3.78. The number of fused-ring (bicyclic) bond motifs is 2. The Morgan fingerprint density at radius 3 is 2.80 bits per heavy atom. The Bertz CT molecular complexity index is 1250. The molecule has 0 aliphatic carbocycles. The van der Waals surface area contributed by atoms with E-state index in [2.05, 4.69) is 4.98 Å². The second-order valence-corrected chi connectivity index (χ2v) is 7.24. The van der Waals surface area contributed by atoms with E-state index in [4.69, 9.17) is 9.47 Å². The van der Waals surface area contributed by atoms with Gasteiger partial charge >= 0.3 is 0 Å². The zero-order chi connectivity index (χ0) is 20.5. The van der Waals surface area contributed by atoms with Gasteiger partial charge in [0.05, 0.1) is 12.1 Å². The monoisotopic (exact) mass is 396 g/mol. The van der Waals surface area contributed by atoms with Gasteiger partial charge in [-0.15, -0.1) is 0 Å². The number of benzene rings is 3. The summed E-state index contributed by atoms with van der Waals surface area (Å²) in [6, 6.07) is 23.1. The zero-order valence-electron chi connectivity index (χ0n) is 16.5. The quantitative estimate of drug-likeness (QED) is 0.480. The van der Waals surface area contributed by atoms with Crippen LogP contribution in [0.3, 0.4) is 0 Å². The zero-order valence-corrected chi connectivity index (χ0v) is 16.5. The molecule has 5 heteroatoms. The summed E-state index contributed by atoms with van der Waals surface area (Å²) < 4.78 is 11.2. The predicted octanol–water partition coefficient (Wildman–Crippen LogP) is 5.12. The van der Waals surface area contributed by atoms with Gasteiger partial charge < -0.3 is 14.4 Å². The molecule has 0 spiro atoms. The minimum absolute atomic E-state index is 0.0772. The van der Waals surface area contributed by atoms with Crippen molar-refractivity contribution >= 4 is 22.5 Å². The van der Waals surface area contributed by atoms with Crippen molar-refractivity contribution in [2.24, 2.45) is 0 Å². The molecule has 3 aromatic carbocycles. The third kappa shape index (κ3) is 3.24. The topological polar surface area (TPSA) is 51.7 Å². The van der Waals surface area contributed by atoms with Gasteiger partial charge in [0.1, 0.15) is 0 Å². The van der Waals surface area contributed by atoms with Crippen molar-refractivity contribution in [1.29, 1.82) is 0 Å². The van der Waals surface area contributed by atoms with Gasteiger partial charge in [-0.3, -0.25) is 9.78 Å². The van der Waals surface area contributed by atoms with E-state index >= 15 is 0 Å². The average molecular weight is 396 g/mol. The fraction of sp³-hybridized carbons (Fsp3) is 0.120. The summed E-state index contributed by atoms with van der Waals surface area (Å²) in [5.74, 6) is 1.33. The van der Waals surface area contributed by atoms with Crippen LogP contribution in [0.1, 0.15) is 21.5 Å². The van der Waals surface area contributed by atoms with E-state index in [9.17, 15) is 4.79 Å². The van der Waals surface area contributed by atoms with Crippen LogP contribution >= 0.6 is 0 Å². The number of hydrogen-bond donors (Lipinski definition) is 0. The first-order chi connectivity index (χ1) is 14.7. The summed E-state index contributed by atoms with van der Waals surface area (Å²) in [7, 11) is 0. The van der Waals surface area contributed by atoms with Gasteiger partial charge in [0.15, 0.2) is 11.5 Å². The molecule has 0 saturated heterocycles. The molecule has 1 aliphatic heterocycles. The second-order valence-electron chi connectivity index (χ2n) is 7.24. The molecule has 0 N–H and O–H groups in total. The van der Waals surface area contributed by atoms with Crippen molar-refractivity contribution in [3.05, 3.63) is 95.7 Å². The third-order valence-electron chi connectivity index (χ3n) is 5.31. The number of amides is 1. The van der Waals surface area contributed by atoms with Gasteiger partial charge in [0.2, 0.25) is 6.79 Å². The lowest BCUT2D eigenvalue weighted by molar-refractivity contribution is 0.0985. The summed E-state index contributed by atoms with van der Waals surface area (Å²) in [4.78, 5) is 19.8. The highest BCUT2D eigenvalue weighted by Gasteiger charge is 2.24. The Morgan fingerprint density at radius 2 is 1.90 bits per heavy atom. The van der Waals surface area contributed by atoms with E-state index < -0.39 is 0 Å². The molecule has 4 aromatic rings. The third-order valence-corrected chi connectivity index (χ3v) is 5.31. The summed E-state index contributed by atoms with van der Waals surface area (Å²) in [5.41, 5.74) is 4.28. The maximum atomic E-state index is 13.7. The van der Waals surface area contributed by atoms with Crippen molar-refractivity contribution in [1.82, 2.24) is 4.98 Å². The normalized spacial score (nSPS) is 12.2. The van der Waals surface area contributed by atoms with Gasteiger partial charge in [0.25, 0.3) is 5.91 Å². The number of ether oxygens (including phenoxy) is 2. The van der Waals surface area contributed by atoms with Crippen molar-refractivity contribution < 1.29 is 14.3 Å². The van der Waals surface area contributed by atoms with Crippen molar-refractivity contribution in [2.75, 3.05) is 11.7 Å². The number of pyridine rings is 1. The summed E-state index contributed by atoms with van der Waals surface area (Å²) in [6.07, 6.45) is 1.75. The average Bonchev–Trinajstić information content (AvgIpc) is 3.27. The Morgan fingerprint density at radius 1 is 1.00 bits per heavy atom. The minimum Gasteiger partial charge on any atom is -0.454 e. The van der Waals surface area contributed by atoms with Crippen LogP contribution in [-0.4, -0.2) is 17.7 Å². The van der Waals surface area contributed by atoms with Crippen LogP contribution in [0.15, 0.2) is 79.0 Å². The van der Waals surface area contributed by atoms with Crippen molar-refractivity contribution in [3.63, 3.8) is 0 Å². The maximum absolute atomic E-state index is 13.7. The van der Waals surface area contributed by atoms with Crippen LogP contribution in [-0.2, 0) is 6.54 Å². The molecule has 5 nitrogen and oxygen atoms in total. The highest BCUT2D eigenvalue weighted by atomic mass is 16.7. The molecule has 1 aromatic heterocycles. The molecule has 148 valence electrons. The van der Waals surface area contributed by atoms with E-state index in [-0.39, 0.29) is 12.7 Å². The van der Waals surface area contributed by atoms with Gasteiger partial charge in [0, 0.05) is 28.4 Å². The van der Waals surface area contributed by atoms with Crippen molar-refractivity contribution in [3.8, 4) is 11.5 Å². The van der Waals surface area contributed by atoms with Gasteiger partial charge in [-0.25, -0.2) is 0 Å². The molecule has 5 rings (SSSR count). The molecule has 0 bridgehead atoms. The number of rotatable bonds is 4. The Kier molecular flexibility index (Phi) is 4.56. The molecule has 30 heavy (non-hydrogen) atoms. The van der Waals surface area contributed by atoms with Crippen LogP contribution < -0.4 is 14.4 Å². The lowest BCUT2D eigenvalue weighted by Crippen LogP contribution is -2.31. The number of para-hydroxylation sites is 2. The number of carbonyl (C=O) groups is 1. The maximum Gasteiger partial charge on any atom is 0.258 e. The second kappa shape index (κ2) is 7.52. The molecule has 0 saturated carbocycles. The summed E-state index contributed by atoms with van der Waals surface area (Å²) in [6.45, 7) is 2.58. The standard InChI is InChI=1S/C25H20N2O3/c1-17-6-2-3-9-22(17)27(15-20-7-4-10-23-24(20)30-16-29-23)25(28)19-11-12-21-18(14-19)8-5-13-26-21/h2-14H,15-16H2,1H3. The Labute approximate surface area is 174 Å². The summed E-state index contributed by atoms with van der Waals surface area (Å²) in [5, 5.41) is 0.936. The molecular weight excluding hydrogens is 376 g/mol. The van der Waals surface area contributed by atoms with Crippen molar-refractivity contribution in [2.45, 2.75) is 13.5 Å². The minimum atomic E-state index is -0.0772. The summed E-state index contributed by atoms with van der Waals surface area (Å²) >= 11 is 0. The molecular formula is C25H20N2O3. The fourth-order valence-electron chi connectivity index (χ4n) is 3.78. The highest BCUT2D eigenvalue weighted by molar-refractivity contribution is 6.08. The van der Waals surface area contributed by atoms with Gasteiger partial charge in [-0.2, -0.15) is 0 Å². The smallest absolute Gasteiger partial charge is 0.258 e. The van der Waals surface area contributed by atoms with Crippen LogP contribution in [0, 0.1) is 6.92 Å². The molecule has 0 unspecified atom stereocenters. The number of hydrogen-bond acceptors (Lipinski definition) is 4.